The van der Waals surface area contributed by atoms with Crippen molar-refractivity contribution < 1.29 is 15.0 Å². The quantitative estimate of drug-likeness (QED) is 0.341. The van der Waals surface area contributed by atoms with Gasteiger partial charge in [-0.05, 0) is 73.5 Å². The normalized spacial score (nSPS) is 17.3. The maximum absolute atomic E-state index is 13.5. The second-order valence-corrected chi connectivity index (χ2v) is 11.5. The van der Waals surface area contributed by atoms with Crippen LogP contribution < -0.4 is 10.2 Å². The number of nitrogens with zero attached hydrogens (tertiary/aromatic N) is 4. The van der Waals surface area contributed by atoms with E-state index in [4.69, 9.17) is 34.8 Å². The molecule has 0 unspecified atom stereocenters. The van der Waals surface area contributed by atoms with Crippen molar-refractivity contribution in [3.63, 3.8) is 0 Å². The highest BCUT2D eigenvalue weighted by Crippen LogP contribution is 2.27. The third-order valence-corrected chi connectivity index (χ3v) is 8.25. The molecule has 0 saturated carbocycles. The minimum atomic E-state index is -0.810. The van der Waals surface area contributed by atoms with Gasteiger partial charge in [0.1, 0.15) is 5.82 Å². The Labute approximate surface area is 249 Å². The van der Waals surface area contributed by atoms with Crippen molar-refractivity contribution in [1.82, 2.24) is 20.1 Å². The Bertz CT molecular complexity index is 1350. The number of pyridine rings is 1. The first-order valence-electron chi connectivity index (χ1n) is 13.3. The van der Waals surface area contributed by atoms with E-state index in [0.29, 0.717) is 39.0 Å². The van der Waals surface area contributed by atoms with Gasteiger partial charge in [-0.1, -0.05) is 40.9 Å². The number of benzene rings is 2. The van der Waals surface area contributed by atoms with Gasteiger partial charge >= 0.3 is 0 Å². The first kappa shape index (κ1) is 29.0. The predicted octanol–water partition coefficient (Wildman–Crippen LogP) is 6.28. The summed E-state index contributed by atoms with van der Waals surface area (Å²) in [6.45, 7) is 6.14. The number of hydrogen-bond acceptors (Lipinski definition) is 5. The first-order chi connectivity index (χ1) is 19.2. The molecule has 2 aromatic carbocycles. The lowest BCUT2D eigenvalue weighted by Crippen LogP contribution is -2.53. The van der Waals surface area contributed by atoms with Crippen molar-refractivity contribution in [3.05, 3.63) is 92.1 Å². The number of carbonyl (C=O) groups is 1. The predicted molar refractivity (Wildman–Crippen MR) is 157 cm³/mol. The van der Waals surface area contributed by atoms with Gasteiger partial charge in [0.15, 0.2) is 11.6 Å². The van der Waals surface area contributed by atoms with E-state index in [1.165, 1.54) is 12.1 Å². The summed E-state index contributed by atoms with van der Waals surface area (Å²) in [7, 11) is 0. The van der Waals surface area contributed by atoms with Crippen molar-refractivity contribution >= 4 is 46.5 Å². The summed E-state index contributed by atoms with van der Waals surface area (Å²) >= 11 is 18.6. The lowest BCUT2D eigenvalue weighted by atomic mass is 10.0. The molecule has 1 N–H and O–H groups in total. The molecule has 2 saturated heterocycles. The van der Waals surface area contributed by atoms with Gasteiger partial charge in [-0.15, -0.1) is 0 Å². The molecule has 11 heteroatoms. The van der Waals surface area contributed by atoms with Gasteiger partial charge in [0.05, 0.1) is 10.6 Å². The van der Waals surface area contributed by atoms with Crippen LogP contribution >= 0.6 is 34.8 Å². The molecule has 2 aliphatic heterocycles. The number of likely N-dealkylation sites (tertiary alicyclic amines) is 1. The molecular weight excluding hydrogens is 579 g/mol. The number of carbonyl (C=O) groups excluding carboxylic acids is 1. The summed E-state index contributed by atoms with van der Waals surface area (Å²) in [6.07, 6.45) is 3.62. The summed E-state index contributed by atoms with van der Waals surface area (Å²) in [5, 5.41) is 4.31. The van der Waals surface area contributed by atoms with Crippen LogP contribution in [0.2, 0.25) is 15.1 Å². The van der Waals surface area contributed by atoms with E-state index < -0.39 is 11.6 Å². The molecule has 2 fully saturated rings. The van der Waals surface area contributed by atoms with Crippen LogP contribution in [0.4, 0.5) is 14.6 Å². The van der Waals surface area contributed by atoms with Gasteiger partial charge in [-0.3, -0.25) is 14.6 Å². The number of amides is 1. The summed E-state index contributed by atoms with van der Waals surface area (Å²) in [6, 6.07) is 11.4. The Kier molecular flexibility index (Phi) is 9.43. The van der Waals surface area contributed by atoms with Gasteiger partial charge in [0.25, 0.3) is 5.91 Å². The number of nitrogens with one attached hydrogen (secondary N) is 1. The average molecular weight is 611 g/mol. The van der Waals surface area contributed by atoms with Gasteiger partial charge in [0.2, 0.25) is 0 Å². The zero-order valence-corrected chi connectivity index (χ0v) is 24.1. The smallest absolute Gasteiger partial charge is 0.253 e. The molecule has 1 amide bonds. The van der Waals surface area contributed by atoms with E-state index in [2.05, 4.69) is 25.0 Å². The highest BCUT2D eigenvalue weighted by Gasteiger charge is 2.28. The fourth-order valence-corrected chi connectivity index (χ4v) is 6.28. The topological polar surface area (TPSA) is 51.7 Å². The Morgan fingerprint density at radius 2 is 1.60 bits per heavy atom. The molecule has 0 radical (unpaired) electrons. The Hall–Kier alpha value is -2.49. The number of aromatic nitrogens is 1. The standard InChI is InChI=1S/C29H30Cl3F2N5O.H2/c30-22-11-20(12-23(31)15-22)16-36-29(40)21-14-25(32)28(35-17-21)39-9-7-38(8-10-39)24-3-5-37(6-4-24)18-19-1-2-26(33)27(34)13-19;/h1-2,11-15,17,24H,3-10,16,18H2,(H,36,40);1H. The van der Waals surface area contributed by atoms with Crippen molar-refractivity contribution in [2.24, 2.45) is 0 Å². The molecule has 2 aliphatic rings. The van der Waals surface area contributed by atoms with Crippen molar-refractivity contribution in [1.29, 1.82) is 0 Å². The van der Waals surface area contributed by atoms with Crippen molar-refractivity contribution in [2.75, 3.05) is 44.2 Å². The average Bonchev–Trinajstić information content (AvgIpc) is 2.94. The van der Waals surface area contributed by atoms with Crippen LogP contribution in [-0.4, -0.2) is 66.0 Å². The van der Waals surface area contributed by atoms with Crippen LogP contribution in [0, 0.1) is 11.6 Å². The summed E-state index contributed by atoms with van der Waals surface area (Å²) < 4.78 is 26.8. The van der Waals surface area contributed by atoms with Crippen LogP contribution in [-0.2, 0) is 13.1 Å². The van der Waals surface area contributed by atoms with Gasteiger partial charge in [0, 0.05) is 63.0 Å². The van der Waals surface area contributed by atoms with Crippen molar-refractivity contribution in [2.45, 2.75) is 32.0 Å². The minimum Gasteiger partial charge on any atom is -0.353 e. The summed E-state index contributed by atoms with van der Waals surface area (Å²) in [4.78, 5) is 24.2. The molecule has 40 heavy (non-hydrogen) atoms. The summed E-state index contributed by atoms with van der Waals surface area (Å²) in [5.41, 5.74) is 1.98. The molecule has 0 spiro atoms. The van der Waals surface area contributed by atoms with Gasteiger partial charge in [-0.25, -0.2) is 13.8 Å². The first-order valence-corrected chi connectivity index (χ1v) is 14.4. The molecule has 5 rings (SSSR count). The number of rotatable bonds is 7. The highest BCUT2D eigenvalue weighted by atomic mass is 35.5. The van der Waals surface area contributed by atoms with Crippen LogP contribution in [0.1, 0.15) is 35.8 Å². The number of hydrogen-bond donors (Lipinski definition) is 1. The maximum atomic E-state index is 13.5. The largest absolute Gasteiger partial charge is 0.353 e. The number of anilines is 1. The van der Waals surface area contributed by atoms with Crippen LogP contribution in [0.15, 0.2) is 48.7 Å². The lowest BCUT2D eigenvalue weighted by molar-refractivity contribution is 0.0950. The van der Waals surface area contributed by atoms with E-state index in [0.717, 1.165) is 63.2 Å². The zero-order chi connectivity index (χ0) is 28.2. The molecule has 3 heterocycles. The molecule has 0 bridgehead atoms. The SMILES string of the molecule is O=C(NCc1cc(Cl)cc(Cl)c1)c1cnc(N2CCN(C3CCN(Cc4ccc(F)c(F)c4)CC3)CC2)c(Cl)c1.[HH]. The Morgan fingerprint density at radius 3 is 2.25 bits per heavy atom. The minimum absolute atomic E-state index is 0. The Balaban J connectivity index is 0.00000387. The third kappa shape index (κ3) is 7.22. The van der Waals surface area contributed by atoms with Crippen LogP contribution in [0.25, 0.3) is 0 Å². The van der Waals surface area contributed by atoms with Crippen LogP contribution in [0.3, 0.4) is 0 Å². The van der Waals surface area contributed by atoms with E-state index >= 15 is 0 Å². The van der Waals surface area contributed by atoms with Crippen molar-refractivity contribution in [3.8, 4) is 0 Å². The van der Waals surface area contributed by atoms with Gasteiger partial charge < -0.3 is 10.2 Å². The maximum Gasteiger partial charge on any atom is 0.253 e. The van der Waals surface area contributed by atoms with Crippen LogP contribution in [0.5, 0.6) is 0 Å². The van der Waals surface area contributed by atoms with E-state index in [-0.39, 0.29) is 13.9 Å². The molecule has 0 aliphatic carbocycles. The fraction of sp³-hybridized carbons (Fsp3) is 0.379. The molecule has 1 aromatic heterocycles. The second-order valence-electron chi connectivity index (χ2n) is 10.3. The number of piperidine rings is 1. The van der Waals surface area contributed by atoms with E-state index in [1.807, 2.05) is 0 Å². The fourth-order valence-electron chi connectivity index (χ4n) is 5.42. The zero-order valence-electron chi connectivity index (χ0n) is 21.9. The highest BCUT2D eigenvalue weighted by molar-refractivity contribution is 6.34. The van der Waals surface area contributed by atoms with E-state index in [1.54, 1.807) is 36.5 Å². The molecular formula is C29H32Cl3F2N5O. The number of halogens is 5. The molecule has 214 valence electrons. The monoisotopic (exact) mass is 609 g/mol. The van der Waals surface area contributed by atoms with E-state index in [9.17, 15) is 13.6 Å². The lowest BCUT2D eigenvalue weighted by Gasteiger charge is -2.43. The Morgan fingerprint density at radius 1 is 0.900 bits per heavy atom. The molecule has 6 nitrogen and oxygen atoms in total. The second kappa shape index (κ2) is 13.0. The summed E-state index contributed by atoms with van der Waals surface area (Å²) in [5.74, 6) is -1.20. The molecule has 3 aromatic rings. The molecule has 0 atom stereocenters. The number of piperazine rings is 1. The third-order valence-electron chi connectivity index (χ3n) is 7.54. The van der Waals surface area contributed by atoms with Gasteiger partial charge in [-0.2, -0.15) is 0 Å².